The maximum absolute atomic E-state index is 13.5. The van der Waals surface area contributed by atoms with Gasteiger partial charge in [-0.1, -0.05) is 42.5 Å². The monoisotopic (exact) mass is 464 g/mol. The van der Waals surface area contributed by atoms with Gasteiger partial charge in [-0.3, -0.25) is 9.59 Å². The third-order valence-corrected chi connectivity index (χ3v) is 7.39. The van der Waals surface area contributed by atoms with Crippen molar-refractivity contribution in [3.63, 3.8) is 0 Å². The first-order valence-electron chi connectivity index (χ1n) is 10.3. The van der Waals surface area contributed by atoms with Crippen LogP contribution in [0.2, 0.25) is 0 Å². The molecule has 1 aliphatic rings. The number of carbonyl (C=O) groups is 2. The Hall–Kier alpha value is -2.90. The number of aliphatic hydroxyl groups excluding tert-OH is 1. The van der Waals surface area contributed by atoms with Crippen LogP contribution >= 0.6 is 23.1 Å². The number of ketones is 1. The lowest BCUT2D eigenvalue weighted by atomic mass is 9.95. The molecule has 5 nitrogen and oxygen atoms in total. The fraction of sp³-hybridized carbons (Fsp3) is 0.240. The second-order valence-corrected chi connectivity index (χ2v) is 9.73. The van der Waals surface area contributed by atoms with Gasteiger partial charge < -0.3 is 10.0 Å². The number of hydrogen-bond acceptors (Lipinski definition) is 6. The SMILES string of the molecule is CSc1ccc(C2C(C(=O)c3sc(C)nc3C)=C(O)C(=O)N2CCc2ccccc2)cc1. The number of nitrogens with zero attached hydrogens (tertiary/aromatic N) is 2. The van der Waals surface area contributed by atoms with Crippen LogP contribution in [-0.4, -0.2) is 39.5 Å². The average Bonchev–Trinajstić information content (AvgIpc) is 3.28. The van der Waals surface area contributed by atoms with Crippen molar-refractivity contribution in [1.82, 2.24) is 9.88 Å². The topological polar surface area (TPSA) is 70.5 Å². The average molecular weight is 465 g/mol. The third kappa shape index (κ3) is 4.23. The molecule has 3 aromatic rings. The highest BCUT2D eigenvalue weighted by Crippen LogP contribution is 2.40. The number of hydrogen-bond donors (Lipinski definition) is 1. The minimum atomic E-state index is -0.642. The molecule has 0 fully saturated rings. The van der Waals surface area contributed by atoms with E-state index in [-0.39, 0.29) is 11.4 Å². The van der Waals surface area contributed by atoms with E-state index in [0.29, 0.717) is 23.5 Å². The first-order chi connectivity index (χ1) is 15.4. The Morgan fingerprint density at radius 1 is 1.12 bits per heavy atom. The molecule has 1 aliphatic heterocycles. The predicted octanol–water partition coefficient (Wildman–Crippen LogP) is 5.30. The van der Waals surface area contributed by atoms with Crippen LogP contribution in [0, 0.1) is 13.8 Å². The van der Waals surface area contributed by atoms with E-state index < -0.39 is 17.7 Å². The van der Waals surface area contributed by atoms with E-state index >= 15 is 0 Å². The van der Waals surface area contributed by atoms with E-state index in [0.717, 1.165) is 21.0 Å². The molecule has 2 aromatic carbocycles. The summed E-state index contributed by atoms with van der Waals surface area (Å²) in [6, 6.07) is 17.0. The quantitative estimate of drug-likeness (QED) is 0.379. The van der Waals surface area contributed by atoms with Gasteiger partial charge in [0.25, 0.3) is 5.91 Å². The van der Waals surface area contributed by atoms with Crippen LogP contribution in [0.15, 0.2) is 70.8 Å². The molecule has 1 aromatic heterocycles. The molecule has 0 saturated heterocycles. The fourth-order valence-corrected chi connectivity index (χ4v) is 5.29. The van der Waals surface area contributed by atoms with E-state index in [9.17, 15) is 14.7 Å². The number of aliphatic hydroxyl groups is 1. The Balaban J connectivity index is 1.74. The Morgan fingerprint density at radius 3 is 2.41 bits per heavy atom. The summed E-state index contributed by atoms with van der Waals surface area (Å²) in [4.78, 5) is 34.2. The van der Waals surface area contributed by atoms with E-state index in [1.54, 1.807) is 23.6 Å². The Kier molecular flexibility index (Phi) is 6.48. The van der Waals surface area contributed by atoms with Crippen molar-refractivity contribution in [1.29, 1.82) is 0 Å². The zero-order valence-electron chi connectivity index (χ0n) is 18.2. The van der Waals surface area contributed by atoms with Crippen molar-refractivity contribution in [2.24, 2.45) is 0 Å². The maximum atomic E-state index is 13.5. The number of Topliss-reactive ketones (excluding diaryl/α,β-unsaturated/α-hetero) is 1. The largest absolute Gasteiger partial charge is 0.503 e. The number of amides is 1. The number of benzene rings is 2. The summed E-state index contributed by atoms with van der Waals surface area (Å²) in [6.07, 6.45) is 2.62. The van der Waals surface area contributed by atoms with Crippen molar-refractivity contribution in [2.75, 3.05) is 12.8 Å². The highest BCUT2D eigenvalue weighted by molar-refractivity contribution is 7.98. The minimum Gasteiger partial charge on any atom is -0.503 e. The van der Waals surface area contributed by atoms with Crippen LogP contribution in [0.3, 0.4) is 0 Å². The van der Waals surface area contributed by atoms with Crippen LogP contribution in [0.4, 0.5) is 0 Å². The van der Waals surface area contributed by atoms with Gasteiger partial charge >= 0.3 is 0 Å². The van der Waals surface area contributed by atoms with Crippen molar-refractivity contribution < 1.29 is 14.7 Å². The van der Waals surface area contributed by atoms with Crippen LogP contribution in [0.1, 0.15) is 37.5 Å². The van der Waals surface area contributed by atoms with E-state index in [1.165, 1.54) is 11.3 Å². The minimum absolute atomic E-state index is 0.131. The number of carbonyl (C=O) groups excluding carboxylic acids is 2. The first-order valence-corrected chi connectivity index (χ1v) is 12.4. The van der Waals surface area contributed by atoms with Gasteiger partial charge in [-0.25, -0.2) is 4.98 Å². The molecule has 0 spiro atoms. The van der Waals surface area contributed by atoms with Gasteiger partial charge in [0.15, 0.2) is 5.76 Å². The normalized spacial score (nSPS) is 16.2. The Labute approximate surface area is 195 Å². The van der Waals surface area contributed by atoms with Gasteiger partial charge in [0, 0.05) is 11.4 Å². The van der Waals surface area contributed by atoms with E-state index in [2.05, 4.69) is 4.98 Å². The summed E-state index contributed by atoms with van der Waals surface area (Å²) >= 11 is 2.91. The van der Waals surface area contributed by atoms with Gasteiger partial charge in [0.1, 0.15) is 0 Å². The summed E-state index contributed by atoms with van der Waals surface area (Å²) in [5.74, 6) is -1.31. The highest BCUT2D eigenvalue weighted by atomic mass is 32.2. The van der Waals surface area contributed by atoms with Crippen LogP contribution in [0.5, 0.6) is 0 Å². The second-order valence-electron chi connectivity index (χ2n) is 7.65. The molecule has 2 heterocycles. The molecule has 1 unspecified atom stereocenters. The van der Waals surface area contributed by atoms with Gasteiger partial charge in [0.2, 0.25) is 5.78 Å². The van der Waals surface area contributed by atoms with Crippen LogP contribution in [-0.2, 0) is 11.2 Å². The zero-order chi connectivity index (χ0) is 22.8. The summed E-state index contributed by atoms with van der Waals surface area (Å²) in [6.45, 7) is 4.01. The van der Waals surface area contributed by atoms with Crippen LogP contribution < -0.4 is 0 Å². The van der Waals surface area contributed by atoms with E-state index in [1.807, 2.05) is 67.8 Å². The van der Waals surface area contributed by atoms with Crippen molar-refractivity contribution in [3.8, 4) is 0 Å². The first kappa shape index (κ1) is 22.3. The van der Waals surface area contributed by atoms with Crippen molar-refractivity contribution in [2.45, 2.75) is 31.2 Å². The third-order valence-electron chi connectivity index (χ3n) is 5.57. The molecule has 164 valence electrons. The number of thiazole rings is 1. The summed E-state index contributed by atoms with van der Waals surface area (Å²) in [7, 11) is 0. The van der Waals surface area contributed by atoms with Crippen molar-refractivity contribution >= 4 is 34.8 Å². The Morgan fingerprint density at radius 2 is 1.81 bits per heavy atom. The molecular formula is C25H24N2O3S2. The van der Waals surface area contributed by atoms with Crippen molar-refractivity contribution in [3.05, 3.63) is 92.6 Å². The molecule has 1 amide bonds. The molecule has 32 heavy (non-hydrogen) atoms. The molecule has 0 radical (unpaired) electrons. The summed E-state index contributed by atoms with van der Waals surface area (Å²) < 4.78 is 0. The standard InChI is InChI=1S/C25H24N2O3S2/c1-15-24(32-16(2)26-15)22(28)20-21(18-9-11-19(31-3)12-10-18)27(25(30)23(20)29)14-13-17-7-5-4-6-8-17/h4-12,21,29H,13-14H2,1-3H3. The van der Waals surface area contributed by atoms with E-state index in [4.69, 9.17) is 0 Å². The summed E-state index contributed by atoms with van der Waals surface area (Å²) in [5.41, 5.74) is 2.64. The molecular weight excluding hydrogens is 440 g/mol. The Bertz CT molecular complexity index is 1180. The molecule has 0 saturated carbocycles. The second kappa shape index (κ2) is 9.30. The molecule has 1 N–H and O–H groups in total. The lowest BCUT2D eigenvalue weighted by Gasteiger charge is -2.27. The predicted molar refractivity (Wildman–Crippen MR) is 128 cm³/mol. The molecule has 1 atom stereocenters. The van der Waals surface area contributed by atoms with Gasteiger partial charge in [-0.2, -0.15) is 0 Å². The van der Waals surface area contributed by atoms with Gasteiger partial charge in [0.05, 0.1) is 27.2 Å². The molecule has 0 bridgehead atoms. The summed E-state index contributed by atoms with van der Waals surface area (Å²) in [5, 5.41) is 11.6. The van der Waals surface area contributed by atoms with Gasteiger partial charge in [-0.15, -0.1) is 23.1 Å². The number of thioether (sulfide) groups is 1. The number of rotatable bonds is 7. The smallest absolute Gasteiger partial charge is 0.290 e. The molecule has 4 rings (SSSR count). The molecule has 7 heteroatoms. The highest BCUT2D eigenvalue weighted by Gasteiger charge is 2.44. The number of aryl methyl sites for hydroxylation is 2. The molecule has 0 aliphatic carbocycles. The fourth-order valence-electron chi connectivity index (χ4n) is 4.01. The lowest BCUT2D eigenvalue weighted by molar-refractivity contribution is -0.129. The maximum Gasteiger partial charge on any atom is 0.290 e. The van der Waals surface area contributed by atoms with Crippen LogP contribution in [0.25, 0.3) is 0 Å². The lowest BCUT2D eigenvalue weighted by Crippen LogP contribution is -2.33. The zero-order valence-corrected chi connectivity index (χ0v) is 19.8. The van der Waals surface area contributed by atoms with Gasteiger partial charge in [-0.05, 0) is 49.8 Å². The number of aromatic nitrogens is 1.